The molecule has 7 heteroatoms. The average molecular weight is 434 g/mol. The number of halogens is 2. The lowest BCUT2D eigenvalue weighted by molar-refractivity contribution is 0.600. The molecule has 1 N–H and O–H groups in total. The van der Waals surface area contributed by atoms with Gasteiger partial charge in [0.25, 0.3) is 10.0 Å². The number of anilines is 2. The largest absolute Gasteiger partial charge is 0.378 e. The van der Waals surface area contributed by atoms with E-state index in [2.05, 4.69) is 36.6 Å². The number of hydrogen-bond acceptors (Lipinski definition) is 3. The molecule has 0 aliphatic heterocycles. The van der Waals surface area contributed by atoms with E-state index in [1.54, 1.807) is 30.3 Å². The van der Waals surface area contributed by atoms with Crippen molar-refractivity contribution in [2.45, 2.75) is 4.90 Å². The van der Waals surface area contributed by atoms with Gasteiger partial charge in [-0.1, -0.05) is 22.0 Å². The molecule has 21 heavy (non-hydrogen) atoms. The van der Waals surface area contributed by atoms with Gasteiger partial charge in [0.2, 0.25) is 0 Å². The van der Waals surface area contributed by atoms with Crippen LogP contribution in [0.25, 0.3) is 0 Å². The minimum absolute atomic E-state index is 0.187. The van der Waals surface area contributed by atoms with Gasteiger partial charge in [-0.2, -0.15) is 0 Å². The van der Waals surface area contributed by atoms with Gasteiger partial charge in [0.05, 0.1) is 5.69 Å². The highest BCUT2D eigenvalue weighted by Gasteiger charge is 2.18. The van der Waals surface area contributed by atoms with Gasteiger partial charge in [0.15, 0.2) is 0 Å². The third kappa shape index (κ3) is 3.99. The van der Waals surface area contributed by atoms with E-state index in [0.717, 1.165) is 5.69 Å². The number of nitrogens with one attached hydrogen (secondary N) is 1. The second-order valence-electron chi connectivity index (χ2n) is 4.62. The second kappa shape index (κ2) is 6.37. The van der Waals surface area contributed by atoms with Crippen molar-refractivity contribution >= 4 is 53.3 Å². The summed E-state index contributed by atoms with van der Waals surface area (Å²) in [4.78, 5) is 2.10. The van der Waals surface area contributed by atoms with Gasteiger partial charge >= 0.3 is 0 Å². The molecule has 0 aliphatic rings. The molecule has 112 valence electrons. The number of hydrogen-bond donors (Lipinski definition) is 1. The first-order valence-electron chi connectivity index (χ1n) is 6.05. The molecule has 4 nitrogen and oxygen atoms in total. The van der Waals surface area contributed by atoms with Gasteiger partial charge in [-0.25, -0.2) is 8.42 Å². The average Bonchev–Trinajstić information content (AvgIpc) is 2.41. The van der Waals surface area contributed by atoms with Crippen LogP contribution in [-0.2, 0) is 10.0 Å². The molecule has 2 aromatic carbocycles. The maximum absolute atomic E-state index is 12.5. The van der Waals surface area contributed by atoms with Gasteiger partial charge < -0.3 is 4.90 Å². The Hall–Kier alpha value is -1.05. The number of benzene rings is 2. The number of rotatable bonds is 4. The lowest BCUT2D eigenvalue weighted by atomic mass is 10.3. The molecular weight excluding hydrogens is 420 g/mol. The molecule has 0 spiro atoms. The molecule has 0 atom stereocenters. The summed E-state index contributed by atoms with van der Waals surface area (Å²) in [5.41, 5.74) is 1.44. The molecule has 0 radical (unpaired) electrons. The van der Waals surface area contributed by atoms with E-state index in [0.29, 0.717) is 14.6 Å². The maximum Gasteiger partial charge on any atom is 0.263 e. The number of nitrogens with zero attached hydrogens (tertiary/aromatic N) is 1. The van der Waals surface area contributed by atoms with E-state index < -0.39 is 10.0 Å². The van der Waals surface area contributed by atoms with Crippen molar-refractivity contribution in [1.29, 1.82) is 0 Å². The summed E-state index contributed by atoms with van der Waals surface area (Å²) in [6.07, 6.45) is 0. The van der Waals surface area contributed by atoms with Crippen LogP contribution in [-0.4, -0.2) is 22.5 Å². The molecule has 0 heterocycles. The summed E-state index contributed by atoms with van der Waals surface area (Å²) in [6, 6.07) is 12.2. The van der Waals surface area contributed by atoms with Gasteiger partial charge in [0.1, 0.15) is 4.90 Å². The van der Waals surface area contributed by atoms with Crippen LogP contribution >= 0.6 is 31.9 Å². The van der Waals surface area contributed by atoms with Crippen LogP contribution in [0, 0.1) is 0 Å². The summed E-state index contributed by atoms with van der Waals surface area (Å²) in [5.74, 6) is 0. The van der Waals surface area contributed by atoms with Crippen LogP contribution in [0.1, 0.15) is 0 Å². The standard InChI is InChI=1S/C14H14Br2N2O2S/c1-18(2)12-5-3-4-11(9-12)17-21(19,20)14-8-10(15)6-7-13(14)16/h3-9,17H,1-2H3. The second-order valence-corrected chi connectivity index (χ2v) is 8.05. The van der Waals surface area contributed by atoms with Crippen molar-refractivity contribution in [3.8, 4) is 0 Å². The fraction of sp³-hybridized carbons (Fsp3) is 0.143. The molecule has 0 unspecified atom stereocenters. The monoisotopic (exact) mass is 432 g/mol. The Morgan fingerprint density at radius 3 is 2.43 bits per heavy atom. The minimum atomic E-state index is -3.65. The lowest BCUT2D eigenvalue weighted by Gasteiger charge is -2.15. The van der Waals surface area contributed by atoms with Crippen LogP contribution in [0.5, 0.6) is 0 Å². The van der Waals surface area contributed by atoms with Crippen LogP contribution in [0.3, 0.4) is 0 Å². The Morgan fingerprint density at radius 1 is 1.05 bits per heavy atom. The molecule has 0 amide bonds. The summed E-state index contributed by atoms with van der Waals surface area (Å²) >= 11 is 6.55. The normalized spacial score (nSPS) is 11.2. The lowest BCUT2D eigenvalue weighted by Crippen LogP contribution is -2.14. The van der Waals surface area contributed by atoms with Crippen molar-refractivity contribution in [2.24, 2.45) is 0 Å². The summed E-state index contributed by atoms with van der Waals surface area (Å²) in [7, 11) is 0.148. The Labute approximate surface area is 141 Å². The summed E-state index contributed by atoms with van der Waals surface area (Å²) < 4.78 is 28.8. The predicted octanol–water partition coefficient (Wildman–Crippen LogP) is 4.08. The third-order valence-electron chi connectivity index (χ3n) is 2.80. The Morgan fingerprint density at radius 2 is 1.76 bits per heavy atom. The molecule has 0 aliphatic carbocycles. The Bertz CT molecular complexity index is 761. The first-order valence-corrected chi connectivity index (χ1v) is 9.12. The zero-order chi connectivity index (χ0) is 15.6. The first kappa shape index (κ1) is 16.3. The van der Waals surface area contributed by atoms with E-state index in [1.165, 1.54) is 0 Å². The van der Waals surface area contributed by atoms with E-state index >= 15 is 0 Å². The van der Waals surface area contributed by atoms with Gasteiger partial charge in [-0.3, -0.25) is 4.72 Å². The van der Waals surface area contributed by atoms with Gasteiger partial charge in [-0.15, -0.1) is 0 Å². The molecular formula is C14H14Br2N2O2S. The highest BCUT2D eigenvalue weighted by atomic mass is 79.9. The van der Waals surface area contributed by atoms with Crippen molar-refractivity contribution in [3.05, 3.63) is 51.4 Å². The van der Waals surface area contributed by atoms with Gasteiger partial charge in [-0.05, 0) is 52.3 Å². The fourth-order valence-corrected chi connectivity index (χ4v) is 4.29. The zero-order valence-electron chi connectivity index (χ0n) is 11.5. The molecule has 0 saturated carbocycles. The maximum atomic E-state index is 12.5. The molecule has 0 fully saturated rings. The third-order valence-corrected chi connectivity index (χ3v) is 5.67. The Kier molecular flexibility index (Phi) is 4.95. The van der Waals surface area contributed by atoms with E-state index in [-0.39, 0.29) is 4.90 Å². The van der Waals surface area contributed by atoms with Crippen LogP contribution in [0.2, 0.25) is 0 Å². The number of sulfonamides is 1. The van der Waals surface area contributed by atoms with Crippen LogP contribution < -0.4 is 9.62 Å². The molecule has 2 aromatic rings. The molecule has 2 rings (SSSR count). The highest BCUT2D eigenvalue weighted by molar-refractivity contribution is 9.11. The van der Waals surface area contributed by atoms with Gasteiger partial charge in [0, 0.05) is 28.7 Å². The van der Waals surface area contributed by atoms with Crippen LogP contribution in [0.4, 0.5) is 11.4 Å². The van der Waals surface area contributed by atoms with Crippen molar-refractivity contribution in [3.63, 3.8) is 0 Å². The fourth-order valence-electron chi connectivity index (χ4n) is 1.74. The summed E-state index contributed by atoms with van der Waals surface area (Å²) in [5, 5.41) is 0. The van der Waals surface area contributed by atoms with E-state index in [4.69, 9.17) is 0 Å². The SMILES string of the molecule is CN(C)c1cccc(NS(=O)(=O)c2cc(Br)ccc2Br)c1. The Balaban J connectivity index is 2.37. The van der Waals surface area contributed by atoms with Crippen molar-refractivity contribution in [2.75, 3.05) is 23.7 Å². The quantitative estimate of drug-likeness (QED) is 0.790. The molecule has 0 saturated heterocycles. The van der Waals surface area contributed by atoms with E-state index in [1.807, 2.05) is 31.1 Å². The summed E-state index contributed by atoms with van der Waals surface area (Å²) in [6.45, 7) is 0. The van der Waals surface area contributed by atoms with E-state index in [9.17, 15) is 8.42 Å². The predicted molar refractivity (Wildman–Crippen MR) is 93.4 cm³/mol. The smallest absolute Gasteiger partial charge is 0.263 e. The molecule has 0 aromatic heterocycles. The topological polar surface area (TPSA) is 49.4 Å². The van der Waals surface area contributed by atoms with Crippen molar-refractivity contribution < 1.29 is 8.42 Å². The van der Waals surface area contributed by atoms with Crippen molar-refractivity contribution in [1.82, 2.24) is 0 Å². The zero-order valence-corrected chi connectivity index (χ0v) is 15.5. The molecule has 0 bridgehead atoms. The first-order chi connectivity index (χ1) is 9.79. The minimum Gasteiger partial charge on any atom is -0.378 e. The van der Waals surface area contributed by atoms with Crippen LogP contribution in [0.15, 0.2) is 56.3 Å². The highest BCUT2D eigenvalue weighted by Crippen LogP contribution is 2.28.